The number of aryl methyl sites for hydroxylation is 2. The SMILES string of the molecule is CCCS(=O)(=O)CCNCc1nc(C)c(C)o1. The predicted octanol–water partition coefficient (Wildman–Crippen LogP) is 1.21. The van der Waals surface area contributed by atoms with Crippen LogP contribution in [0.15, 0.2) is 4.42 Å². The monoisotopic (exact) mass is 260 g/mol. The average molecular weight is 260 g/mol. The van der Waals surface area contributed by atoms with Crippen molar-refractivity contribution in [2.75, 3.05) is 18.1 Å². The molecule has 98 valence electrons. The quantitative estimate of drug-likeness (QED) is 0.746. The van der Waals surface area contributed by atoms with E-state index < -0.39 is 9.84 Å². The van der Waals surface area contributed by atoms with Crippen LogP contribution >= 0.6 is 0 Å². The molecule has 0 saturated carbocycles. The summed E-state index contributed by atoms with van der Waals surface area (Å²) in [6.07, 6.45) is 0.667. The Kier molecular flexibility index (Phi) is 5.14. The molecule has 5 nitrogen and oxygen atoms in total. The number of nitrogens with one attached hydrogen (secondary N) is 1. The molecule has 0 aliphatic rings. The van der Waals surface area contributed by atoms with Crippen molar-refractivity contribution in [1.82, 2.24) is 10.3 Å². The van der Waals surface area contributed by atoms with Gasteiger partial charge in [0.1, 0.15) is 5.76 Å². The lowest BCUT2D eigenvalue weighted by molar-refractivity contribution is 0.452. The normalized spacial score (nSPS) is 11.9. The maximum atomic E-state index is 11.4. The zero-order valence-corrected chi connectivity index (χ0v) is 11.4. The highest BCUT2D eigenvalue weighted by atomic mass is 32.2. The maximum absolute atomic E-state index is 11.4. The molecule has 1 aromatic rings. The van der Waals surface area contributed by atoms with Gasteiger partial charge in [-0.3, -0.25) is 0 Å². The molecule has 0 atom stereocenters. The van der Waals surface area contributed by atoms with Gasteiger partial charge < -0.3 is 9.73 Å². The third-order valence-electron chi connectivity index (χ3n) is 2.45. The summed E-state index contributed by atoms with van der Waals surface area (Å²) >= 11 is 0. The van der Waals surface area contributed by atoms with Gasteiger partial charge in [0.2, 0.25) is 5.89 Å². The summed E-state index contributed by atoms with van der Waals surface area (Å²) in [4.78, 5) is 4.20. The van der Waals surface area contributed by atoms with Gasteiger partial charge in [0.25, 0.3) is 0 Å². The van der Waals surface area contributed by atoms with Gasteiger partial charge in [0.05, 0.1) is 18.0 Å². The zero-order chi connectivity index (χ0) is 12.9. The first-order valence-corrected chi connectivity index (χ1v) is 7.61. The Hall–Kier alpha value is -0.880. The first-order valence-electron chi connectivity index (χ1n) is 5.78. The molecule has 6 heteroatoms. The molecule has 1 rings (SSSR count). The summed E-state index contributed by atoms with van der Waals surface area (Å²) in [5.74, 6) is 1.83. The molecule has 17 heavy (non-hydrogen) atoms. The summed E-state index contributed by atoms with van der Waals surface area (Å²) in [5, 5.41) is 3.02. The molecule has 0 fully saturated rings. The summed E-state index contributed by atoms with van der Waals surface area (Å²) in [6, 6.07) is 0. The first kappa shape index (κ1) is 14.2. The third kappa shape index (κ3) is 4.87. The number of rotatable bonds is 7. The lowest BCUT2D eigenvalue weighted by atomic mass is 10.4. The highest BCUT2D eigenvalue weighted by molar-refractivity contribution is 7.91. The molecular formula is C11H20N2O3S. The van der Waals surface area contributed by atoms with E-state index in [1.54, 1.807) is 0 Å². The Labute approximate surface area is 103 Å². The first-order chi connectivity index (χ1) is 7.94. The minimum Gasteiger partial charge on any atom is -0.444 e. The second kappa shape index (κ2) is 6.16. The van der Waals surface area contributed by atoms with Gasteiger partial charge in [0.15, 0.2) is 9.84 Å². The smallest absolute Gasteiger partial charge is 0.208 e. The molecular weight excluding hydrogens is 240 g/mol. The van der Waals surface area contributed by atoms with E-state index in [1.165, 1.54) is 0 Å². The Morgan fingerprint density at radius 3 is 2.53 bits per heavy atom. The van der Waals surface area contributed by atoms with E-state index in [-0.39, 0.29) is 11.5 Å². The van der Waals surface area contributed by atoms with E-state index in [0.29, 0.717) is 25.4 Å². The van der Waals surface area contributed by atoms with Crippen LogP contribution in [0.2, 0.25) is 0 Å². The highest BCUT2D eigenvalue weighted by Crippen LogP contribution is 2.07. The van der Waals surface area contributed by atoms with E-state index in [0.717, 1.165) is 11.5 Å². The molecule has 0 aliphatic carbocycles. The minimum absolute atomic E-state index is 0.166. The fraction of sp³-hybridized carbons (Fsp3) is 0.727. The Morgan fingerprint density at radius 1 is 1.29 bits per heavy atom. The second-order valence-corrected chi connectivity index (χ2v) is 6.38. The standard InChI is InChI=1S/C11H20N2O3S/c1-4-6-17(14,15)7-5-12-8-11-13-9(2)10(3)16-11/h12H,4-8H2,1-3H3. The van der Waals surface area contributed by atoms with Gasteiger partial charge in [0, 0.05) is 12.3 Å². The van der Waals surface area contributed by atoms with Crippen LogP contribution in [0, 0.1) is 13.8 Å². The molecule has 1 aromatic heterocycles. The number of hydrogen-bond acceptors (Lipinski definition) is 5. The van der Waals surface area contributed by atoms with E-state index in [9.17, 15) is 8.42 Å². The largest absolute Gasteiger partial charge is 0.444 e. The van der Waals surface area contributed by atoms with Crippen LogP contribution in [0.25, 0.3) is 0 Å². The number of sulfone groups is 1. The maximum Gasteiger partial charge on any atom is 0.208 e. The zero-order valence-electron chi connectivity index (χ0n) is 10.6. The molecule has 0 aliphatic heterocycles. The molecule has 0 unspecified atom stereocenters. The summed E-state index contributed by atoms with van der Waals surface area (Å²) in [6.45, 7) is 6.51. The van der Waals surface area contributed by atoms with Crippen molar-refractivity contribution in [1.29, 1.82) is 0 Å². The summed E-state index contributed by atoms with van der Waals surface area (Å²) in [7, 11) is -2.90. The number of aromatic nitrogens is 1. The van der Waals surface area contributed by atoms with Gasteiger partial charge in [-0.25, -0.2) is 13.4 Å². The summed E-state index contributed by atoms with van der Waals surface area (Å²) < 4.78 is 28.2. The summed E-state index contributed by atoms with van der Waals surface area (Å²) in [5.41, 5.74) is 0.875. The van der Waals surface area contributed by atoms with Crippen LogP contribution in [0.5, 0.6) is 0 Å². The van der Waals surface area contributed by atoms with Gasteiger partial charge in [-0.2, -0.15) is 0 Å². The van der Waals surface area contributed by atoms with Crippen molar-refractivity contribution in [3.63, 3.8) is 0 Å². The molecule has 1 N–H and O–H groups in total. The van der Waals surface area contributed by atoms with Gasteiger partial charge in [-0.15, -0.1) is 0 Å². The Bertz CT molecular complexity index is 432. The average Bonchev–Trinajstić information content (AvgIpc) is 2.53. The van der Waals surface area contributed by atoms with Gasteiger partial charge >= 0.3 is 0 Å². The fourth-order valence-electron chi connectivity index (χ4n) is 1.45. The van der Waals surface area contributed by atoms with Crippen LogP contribution in [-0.2, 0) is 16.4 Å². The molecule has 1 heterocycles. The number of nitrogens with zero attached hydrogens (tertiary/aromatic N) is 1. The molecule has 0 spiro atoms. The van der Waals surface area contributed by atoms with Crippen LogP contribution in [0.1, 0.15) is 30.7 Å². The Balaban J connectivity index is 2.29. The number of oxazole rings is 1. The molecule has 0 aromatic carbocycles. The minimum atomic E-state index is -2.90. The van der Waals surface area contributed by atoms with Crippen LogP contribution in [0.4, 0.5) is 0 Å². The van der Waals surface area contributed by atoms with Crippen molar-refractivity contribution >= 4 is 9.84 Å². The molecule has 0 saturated heterocycles. The molecule has 0 bridgehead atoms. The van der Waals surface area contributed by atoms with Gasteiger partial charge in [-0.05, 0) is 20.3 Å². The Morgan fingerprint density at radius 2 is 2.00 bits per heavy atom. The van der Waals surface area contributed by atoms with Gasteiger partial charge in [-0.1, -0.05) is 6.92 Å². The van der Waals surface area contributed by atoms with Crippen molar-refractivity contribution in [2.24, 2.45) is 0 Å². The van der Waals surface area contributed by atoms with Crippen molar-refractivity contribution < 1.29 is 12.8 Å². The van der Waals surface area contributed by atoms with Crippen molar-refractivity contribution in [2.45, 2.75) is 33.7 Å². The van der Waals surface area contributed by atoms with Crippen LogP contribution in [0.3, 0.4) is 0 Å². The number of hydrogen-bond donors (Lipinski definition) is 1. The highest BCUT2D eigenvalue weighted by Gasteiger charge is 2.09. The van der Waals surface area contributed by atoms with E-state index in [1.807, 2.05) is 20.8 Å². The topological polar surface area (TPSA) is 72.2 Å². The lowest BCUT2D eigenvalue weighted by Gasteiger charge is -2.03. The molecule has 0 radical (unpaired) electrons. The fourth-order valence-corrected chi connectivity index (χ4v) is 2.73. The third-order valence-corrected chi connectivity index (χ3v) is 4.31. The van der Waals surface area contributed by atoms with E-state index in [4.69, 9.17) is 4.42 Å². The molecule has 0 amide bonds. The van der Waals surface area contributed by atoms with Crippen LogP contribution < -0.4 is 5.32 Å². The second-order valence-electron chi connectivity index (χ2n) is 4.08. The lowest BCUT2D eigenvalue weighted by Crippen LogP contribution is -2.24. The van der Waals surface area contributed by atoms with Crippen molar-refractivity contribution in [3.05, 3.63) is 17.3 Å². The van der Waals surface area contributed by atoms with E-state index >= 15 is 0 Å². The van der Waals surface area contributed by atoms with E-state index in [2.05, 4.69) is 10.3 Å². The van der Waals surface area contributed by atoms with Crippen LogP contribution in [-0.4, -0.2) is 31.5 Å². The van der Waals surface area contributed by atoms with Crippen molar-refractivity contribution in [3.8, 4) is 0 Å². The predicted molar refractivity (Wildman–Crippen MR) is 66.6 cm³/mol.